The number of fused-ring (bicyclic) bond motifs is 2. The average molecular weight is 545 g/mol. The van der Waals surface area contributed by atoms with Crippen LogP contribution in [0.2, 0.25) is 0 Å². The Hall–Kier alpha value is -2.47. The van der Waals surface area contributed by atoms with Crippen molar-refractivity contribution >= 4 is 41.9 Å². The number of halogens is 3. The molecular formula is C30H36Cl2FN3O. The Bertz CT molecular complexity index is 1170. The highest BCUT2D eigenvalue weighted by molar-refractivity contribution is 5.85. The van der Waals surface area contributed by atoms with E-state index in [1.807, 2.05) is 18.2 Å². The molecule has 0 spiro atoms. The van der Waals surface area contributed by atoms with Crippen molar-refractivity contribution in [3.63, 3.8) is 0 Å². The van der Waals surface area contributed by atoms with Crippen molar-refractivity contribution in [2.45, 2.75) is 44.8 Å². The summed E-state index contributed by atoms with van der Waals surface area (Å²) in [6.07, 6.45) is 6.10. The first-order chi connectivity index (χ1) is 17.2. The molecule has 3 heterocycles. The lowest BCUT2D eigenvalue weighted by Crippen LogP contribution is -2.39. The van der Waals surface area contributed by atoms with E-state index in [-0.39, 0.29) is 30.6 Å². The SMILES string of the molecule is Cl.Cl.Fc1ccc2c(c1)COc1ccccc1N2CC1CCCN1CCc1ccc(N2CCCC2)cc1. The number of hydrogen-bond donors (Lipinski definition) is 0. The zero-order valence-electron chi connectivity index (χ0n) is 21.2. The highest BCUT2D eigenvalue weighted by Gasteiger charge is 2.30. The minimum atomic E-state index is -0.212. The van der Waals surface area contributed by atoms with Gasteiger partial charge in [0.25, 0.3) is 0 Å². The second-order valence-electron chi connectivity index (χ2n) is 10.1. The van der Waals surface area contributed by atoms with Crippen LogP contribution >= 0.6 is 24.8 Å². The lowest BCUT2D eigenvalue weighted by Gasteiger charge is -2.32. The molecule has 0 bridgehead atoms. The maximum atomic E-state index is 14.0. The van der Waals surface area contributed by atoms with Crippen LogP contribution in [0.4, 0.5) is 21.5 Å². The summed E-state index contributed by atoms with van der Waals surface area (Å²) in [7, 11) is 0. The number of hydrogen-bond acceptors (Lipinski definition) is 4. The van der Waals surface area contributed by atoms with Gasteiger partial charge in [-0.25, -0.2) is 4.39 Å². The lowest BCUT2D eigenvalue weighted by molar-refractivity contribution is 0.261. The normalized spacial score (nSPS) is 18.8. The fraction of sp³-hybridized carbons (Fsp3) is 0.400. The van der Waals surface area contributed by atoms with E-state index in [0.29, 0.717) is 12.6 Å². The molecule has 0 amide bonds. The van der Waals surface area contributed by atoms with Gasteiger partial charge in [0.2, 0.25) is 0 Å². The van der Waals surface area contributed by atoms with Crippen molar-refractivity contribution in [1.82, 2.24) is 4.90 Å². The third-order valence-corrected chi connectivity index (χ3v) is 7.86. The number of rotatable bonds is 6. The summed E-state index contributed by atoms with van der Waals surface area (Å²) in [5.74, 6) is 0.656. The maximum Gasteiger partial charge on any atom is 0.143 e. The van der Waals surface area contributed by atoms with Gasteiger partial charge in [0, 0.05) is 49.2 Å². The van der Waals surface area contributed by atoms with Crippen LogP contribution in [0.15, 0.2) is 66.7 Å². The molecular weight excluding hydrogens is 508 g/mol. The predicted octanol–water partition coefficient (Wildman–Crippen LogP) is 7.01. The molecule has 2 fully saturated rings. The highest BCUT2D eigenvalue weighted by Crippen LogP contribution is 2.40. The van der Waals surface area contributed by atoms with Crippen molar-refractivity contribution < 1.29 is 9.13 Å². The molecule has 1 unspecified atom stereocenters. The first-order valence-electron chi connectivity index (χ1n) is 13.1. The first kappa shape index (κ1) is 27.6. The second kappa shape index (κ2) is 12.4. The van der Waals surface area contributed by atoms with Crippen LogP contribution in [-0.2, 0) is 13.0 Å². The molecule has 0 radical (unpaired) electrons. The highest BCUT2D eigenvalue weighted by atomic mass is 35.5. The van der Waals surface area contributed by atoms with Gasteiger partial charge in [0.1, 0.15) is 18.2 Å². The molecule has 37 heavy (non-hydrogen) atoms. The summed E-state index contributed by atoms with van der Waals surface area (Å²) < 4.78 is 20.1. The maximum absolute atomic E-state index is 14.0. The Balaban J connectivity index is 0.00000160. The van der Waals surface area contributed by atoms with Gasteiger partial charge < -0.3 is 14.5 Å². The van der Waals surface area contributed by atoms with Crippen molar-refractivity contribution in [3.05, 3.63) is 83.7 Å². The molecule has 3 aromatic rings. The van der Waals surface area contributed by atoms with Crippen LogP contribution in [0.25, 0.3) is 0 Å². The van der Waals surface area contributed by atoms with E-state index >= 15 is 0 Å². The Labute approximate surface area is 232 Å². The summed E-state index contributed by atoms with van der Waals surface area (Å²) in [5, 5.41) is 0. The van der Waals surface area contributed by atoms with Crippen LogP contribution in [0, 0.1) is 5.82 Å². The Morgan fingerprint density at radius 3 is 2.43 bits per heavy atom. The number of nitrogens with zero attached hydrogens (tertiary/aromatic N) is 3. The van der Waals surface area contributed by atoms with Crippen molar-refractivity contribution in [1.29, 1.82) is 0 Å². The standard InChI is InChI=1S/C30H34FN3O.2ClH/c31-25-11-14-28-24(20-25)22-35-30-8-2-1-7-29(30)34(28)21-27-6-5-18-33(27)19-15-23-9-12-26(13-10-23)32-16-3-4-17-32;;/h1-2,7-14,20,27H,3-6,15-19,21-22H2;2*1H. The van der Waals surface area contributed by atoms with Crippen LogP contribution in [0.3, 0.4) is 0 Å². The molecule has 0 aromatic heterocycles. The fourth-order valence-corrected chi connectivity index (χ4v) is 5.95. The first-order valence-corrected chi connectivity index (χ1v) is 13.1. The molecule has 0 aliphatic carbocycles. The van der Waals surface area contributed by atoms with Crippen LogP contribution < -0.4 is 14.5 Å². The Morgan fingerprint density at radius 1 is 0.838 bits per heavy atom. The molecule has 1 atom stereocenters. The van der Waals surface area contributed by atoms with Crippen molar-refractivity contribution in [2.24, 2.45) is 0 Å². The third kappa shape index (κ3) is 6.00. The van der Waals surface area contributed by atoms with Gasteiger partial charge in [-0.3, -0.25) is 4.90 Å². The molecule has 3 aliphatic heterocycles. The van der Waals surface area contributed by atoms with Gasteiger partial charge in [0.15, 0.2) is 0 Å². The summed E-state index contributed by atoms with van der Waals surface area (Å²) in [5.41, 5.74) is 5.81. The van der Waals surface area contributed by atoms with E-state index in [9.17, 15) is 4.39 Å². The van der Waals surface area contributed by atoms with Gasteiger partial charge in [0.05, 0.1) is 5.69 Å². The summed E-state index contributed by atoms with van der Waals surface area (Å²) in [6, 6.07) is 23.0. The Morgan fingerprint density at radius 2 is 1.62 bits per heavy atom. The van der Waals surface area contributed by atoms with E-state index in [2.05, 4.69) is 51.1 Å². The average Bonchev–Trinajstić information content (AvgIpc) is 3.55. The number of likely N-dealkylation sites (tertiary alicyclic amines) is 1. The van der Waals surface area contributed by atoms with Gasteiger partial charge in [-0.15, -0.1) is 24.8 Å². The smallest absolute Gasteiger partial charge is 0.143 e. The molecule has 2 saturated heterocycles. The number of anilines is 3. The van der Waals surface area contributed by atoms with Crippen LogP contribution in [0.1, 0.15) is 36.8 Å². The second-order valence-corrected chi connectivity index (χ2v) is 10.1. The van der Waals surface area contributed by atoms with Crippen LogP contribution in [-0.4, -0.2) is 43.7 Å². The van der Waals surface area contributed by atoms with Gasteiger partial charge in [-0.05, 0) is 86.7 Å². The summed E-state index contributed by atoms with van der Waals surface area (Å²) in [6.45, 7) is 5.86. The molecule has 3 aromatic carbocycles. The monoisotopic (exact) mass is 543 g/mol. The van der Waals surface area contributed by atoms with E-state index in [4.69, 9.17) is 4.74 Å². The molecule has 0 saturated carbocycles. The fourth-order valence-electron chi connectivity index (χ4n) is 5.95. The molecule has 4 nitrogen and oxygen atoms in total. The summed E-state index contributed by atoms with van der Waals surface area (Å²) in [4.78, 5) is 7.49. The zero-order chi connectivity index (χ0) is 23.6. The molecule has 198 valence electrons. The van der Waals surface area contributed by atoms with E-state index in [0.717, 1.165) is 48.7 Å². The van der Waals surface area contributed by atoms with Crippen molar-refractivity contribution in [2.75, 3.05) is 42.5 Å². The Kier molecular flexibility index (Phi) is 9.22. The van der Waals surface area contributed by atoms with E-state index in [1.54, 1.807) is 12.1 Å². The molecule has 6 rings (SSSR count). The van der Waals surface area contributed by atoms with E-state index in [1.165, 1.54) is 50.0 Å². The number of benzene rings is 3. The quantitative estimate of drug-likeness (QED) is 0.333. The van der Waals surface area contributed by atoms with Crippen LogP contribution in [0.5, 0.6) is 5.75 Å². The molecule has 3 aliphatic rings. The van der Waals surface area contributed by atoms with Gasteiger partial charge in [-0.1, -0.05) is 24.3 Å². The third-order valence-electron chi connectivity index (χ3n) is 7.86. The minimum absolute atomic E-state index is 0. The van der Waals surface area contributed by atoms with Crippen molar-refractivity contribution in [3.8, 4) is 5.75 Å². The zero-order valence-corrected chi connectivity index (χ0v) is 22.8. The topological polar surface area (TPSA) is 19.0 Å². The minimum Gasteiger partial charge on any atom is -0.487 e. The van der Waals surface area contributed by atoms with E-state index < -0.39 is 0 Å². The van der Waals surface area contributed by atoms with Gasteiger partial charge >= 0.3 is 0 Å². The number of ether oxygens (including phenoxy) is 1. The molecule has 0 N–H and O–H groups in total. The predicted molar refractivity (Wildman–Crippen MR) is 155 cm³/mol. The largest absolute Gasteiger partial charge is 0.487 e. The molecule has 7 heteroatoms. The summed E-state index contributed by atoms with van der Waals surface area (Å²) >= 11 is 0. The van der Waals surface area contributed by atoms with Gasteiger partial charge in [-0.2, -0.15) is 0 Å². The lowest BCUT2D eigenvalue weighted by atomic mass is 10.1. The number of para-hydroxylation sites is 2.